The normalized spacial score (nSPS) is 20.7. The van der Waals surface area contributed by atoms with Crippen LogP contribution in [0.2, 0.25) is 0 Å². The van der Waals surface area contributed by atoms with Crippen molar-refractivity contribution in [3.8, 4) is 10.6 Å². The highest BCUT2D eigenvalue weighted by atomic mass is 32.2. The van der Waals surface area contributed by atoms with E-state index in [0.717, 1.165) is 23.8 Å². The predicted octanol–water partition coefficient (Wildman–Crippen LogP) is 3.04. The summed E-state index contributed by atoms with van der Waals surface area (Å²) in [6.07, 6.45) is -1.90. The standard InChI is InChI=1S/C18H24F4N6O2S2/c1-10-7-11(5-6-28(10)32(4,29)30)24-17-23-8-12(19)14(26-17)15-16(18(20,21)22)25-13(31-15)9-27(2)3/h8,10-11H,5-7,9H2,1-4H3,(H,23,24,26)/t10-,11+/m0/s1. The number of thiazole rings is 1. The van der Waals surface area contributed by atoms with Gasteiger partial charge in [0, 0.05) is 25.2 Å². The Balaban J connectivity index is 1.88. The minimum atomic E-state index is -4.77. The first kappa shape index (κ1) is 24.7. The van der Waals surface area contributed by atoms with E-state index in [1.54, 1.807) is 25.9 Å². The maximum absolute atomic E-state index is 14.5. The van der Waals surface area contributed by atoms with Crippen molar-refractivity contribution in [1.82, 2.24) is 24.2 Å². The van der Waals surface area contributed by atoms with Crippen molar-refractivity contribution in [3.63, 3.8) is 0 Å². The van der Waals surface area contributed by atoms with Gasteiger partial charge in [-0.3, -0.25) is 0 Å². The van der Waals surface area contributed by atoms with Gasteiger partial charge < -0.3 is 10.2 Å². The fourth-order valence-electron chi connectivity index (χ4n) is 3.61. The number of alkyl halides is 3. The lowest BCUT2D eigenvalue weighted by Gasteiger charge is -2.36. The van der Waals surface area contributed by atoms with Gasteiger partial charge in [-0.15, -0.1) is 11.3 Å². The van der Waals surface area contributed by atoms with Crippen LogP contribution >= 0.6 is 11.3 Å². The van der Waals surface area contributed by atoms with E-state index >= 15 is 0 Å². The van der Waals surface area contributed by atoms with Crippen LogP contribution in [0.4, 0.5) is 23.5 Å². The summed E-state index contributed by atoms with van der Waals surface area (Å²) < 4.78 is 80.2. The molecule has 178 valence electrons. The first-order chi connectivity index (χ1) is 14.8. The van der Waals surface area contributed by atoms with Crippen LogP contribution in [0.5, 0.6) is 0 Å². The number of nitrogens with one attached hydrogen (secondary N) is 1. The minimum Gasteiger partial charge on any atom is -0.351 e. The first-order valence-electron chi connectivity index (χ1n) is 9.73. The van der Waals surface area contributed by atoms with Gasteiger partial charge in [0.15, 0.2) is 11.5 Å². The van der Waals surface area contributed by atoms with Crippen molar-refractivity contribution in [2.75, 3.05) is 32.2 Å². The molecule has 0 aliphatic carbocycles. The molecule has 0 saturated carbocycles. The molecule has 0 amide bonds. The van der Waals surface area contributed by atoms with Gasteiger partial charge >= 0.3 is 6.18 Å². The lowest BCUT2D eigenvalue weighted by Crippen LogP contribution is -2.47. The Labute approximate surface area is 187 Å². The molecule has 0 radical (unpaired) electrons. The molecule has 3 heterocycles. The molecule has 2 aromatic heterocycles. The van der Waals surface area contributed by atoms with Crippen LogP contribution in [0.3, 0.4) is 0 Å². The Morgan fingerprint density at radius 2 is 2.00 bits per heavy atom. The molecule has 2 atom stereocenters. The van der Waals surface area contributed by atoms with E-state index < -0.39 is 38.3 Å². The highest BCUT2D eigenvalue weighted by Crippen LogP contribution is 2.41. The predicted molar refractivity (Wildman–Crippen MR) is 113 cm³/mol. The molecular weight excluding hydrogens is 472 g/mol. The summed E-state index contributed by atoms with van der Waals surface area (Å²) >= 11 is 0.736. The highest BCUT2D eigenvalue weighted by Gasteiger charge is 2.39. The van der Waals surface area contributed by atoms with Crippen LogP contribution in [0, 0.1) is 5.82 Å². The zero-order valence-corrected chi connectivity index (χ0v) is 19.6. The third kappa shape index (κ3) is 5.71. The lowest BCUT2D eigenvalue weighted by atomic mass is 10.0. The van der Waals surface area contributed by atoms with Crippen LogP contribution in [0.1, 0.15) is 30.5 Å². The summed E-state index contributed by atoms with van der Waals surface area (Å²) in [5, 5.41) is 3.19. The molecule has 0 spiro atoms. The highest BCUT2D eigenvalue weighted by molar-refractivity contribution is 7.88. The summed E-state index contributed by atoms with van der Waals surface area (Å²) in [5.41, 5.74) is -1.66. The SMILES string of the molecule is C[C@H]1C[C@H](Nc2ncc(F)c(-c3sc(CN(C)C)nc3C(F)(F)F)n2)CCN1S(C)(=O)=O. The number of halogens is 4. The molecule has 1 N–H and O–H groups in total. The van der Waals surface area contributed by atoms with Crippen molar-refractivity contribution < 1.29 is 26.0 Å². The van der Waals surface area contributed by atoms with E-state index in [0.29, 0.717) is 12.8 Å². The number of hydrogen-bond acceptors (Lipinski definition) is 8. The van der Waals surface area contributed by atoms with Crippen molar-refractivity contribution in [2.24, 2.45) is 0 Å². The van der Waals surface area contributed by atoms with Gasteiger partial charge in [-0.25, -0.2) is 27.8 Å². The second-order valence-electron chi connectivity index (χ2n) is 8.00. The monoisotopic (exact) mass is 496 g/mol. The summed E-state index contributed by atoms with van der Waals surface area (Å²) in [7, 11) is 0.0486. The minimum absolute atomic E-state index is 0.0258. The van der Waals surface area contributed by atoms with E-state index in [1.165, 1.54) is 4.31 Å². The van der Waals surface area contributed by atoms with Gasteiger partial charge in [0.25, 0.3) is 0 Å². The van der Waals surface area contributed by atoms with Crippen LogP contribution < -0.4 is 5.32 Å². The Kier molecular flexibility index (Phi) is 7.08. The zero-order valence-electron chi connectivity index (χ0n) is 17.9. The number of sulfonamides is 1. The average Bonchev–Trinajstić information content (AvgIpc) is 3.05. The number of hydrogen-bond donors (Lipinski definition) is 1. The van der Waals surface area contributed by atoms with E-state index in [1.807, 2.05) is 0 Å². The number of rotatable bonds is 6. The van der Waals surface area contributed by atoms with Crippen molar-refractivity contribution in [1.29, 1.82) is 0 Å². The Morgan fingerprint density at radius 1 is 1.31 bits per heavy atom. The number of anilines is 1. The average molecular weight is 497 g/mol. The second kappa shape index (κ2) is 9.15. The third-order valence-electron chi connectivity index (χ3n) is 4.93. The van der Waals surface area contributed by atoms with Gasteiger partial charge in [-0.1, -0.05) is 0 Å². The molecule has 1 aliphatic rings. The van der Waals surface area contributed by atoms with E-state index in [4.69, 9.17) is 0 Å². The zero-order chi connectivity index (χ0) is 23.8. The van der Waals surface area contributed by atoms with Crippen molar-refractivity contribution in [3.05, 3.63) is 22.7 Å². The summed E-state index contributed by atoms with van der Waals surface area (Å²) in [6, 6.07) is -0.489. The van der Waals surface area contributed by atoms with Crippen LogP contribution in [0.15, 0.2) is 6.20 Å². The molecule has 0 unspecified atom stereocenters. The Morgan fingerprint density at radius 3 is 2.56 bits per heavy atom. The molecule has 8 nitrogen and oxygen atoms in total. The van der Waals surface area contributed by atoms with Crippen molar-refractivity contribution >= 4 is 27.3 Å². The lowest BCUT2D eigenvalue weighted by molar-refractivity contribution is -0.140. The molecule has 2 aromatic rings. The van der Waals surface area contributed by atoms with E-state index in [-0.39, 0.29) is 36.1 Å². The quantitative estimate of drug-likeness (QED) is 0.615. The number of piperidine rings is 1. The van der Waals surface area contributed by atoms with E-state index in [2.05, 4.69) is 20.3 Å². The Bertz CT molecular complexity index is 1070. The molecule has 32 heavy (non-hydrogen) atoms. The Hall–Kier alpha value is -1.90. The largest absolute Gasteiger partial charge is 0.434 e. The van der Waals surface area contributed by atoms with Crippen LogP contribution in [0.25, 0.3) is 10.6 Å². The molecule has 1 saturated heterocycles. The molecule has 14 heteroatoms. The molecule has 0 aromatic carbocycles. The molecule has 0 bridgehead atoms. The van der Waals surface area contributed by atoms with Gasteiger partial charge in [0.2, 0.25) is 16.0 Å². The molecule has 1 fully saturated rings. The fraction of sp³-hybridized carbons (Fsp3) is 0.611. The fourth-order valence-corrected chi connectivity index (χ4v) is 5.98. The van der Waals surface area contributed by atoms with E-state index in [9.17, 15) is 26.0 Å². The van der Waals surface area contributed by atoms with Gasteiger partial charge in [0.05, 0.1) is 17.3 Å². The van der Waals surface area contributed by atoms with Crippen molar-refractivity contribution in [2.45, 2.75) is 44.6 Å². The van der Waals surface area contributed by atoms with Crippen LogP contribution in [-0.2, 0) is 22.7 Å². The summed E-state index contributed by atoms with van der Waals surface area (Å²) in [6.45, 7) is 2.22. The maximum Gasteiger partial charge on any atom is 0.434 e. The molecular formula is C18H24F4N6O2S2. The topological polar surface area (TPSA) is 91.3 Å². The second-order valence-corrected chi connectivity index (χ2v) is 11.0. The molecule has 3 rings (SSSR count). The van der Waals surface area contributed by atoms with Crippen LogP contribution in [-0.4, -0.2) is 71.6 Å². The number of nitrogens with zero attached hydrogens (tertiary/aromatic N) is 5. The first-order valence-corrected chi connectivity index (χ1v) is 12.4. The summed E-state index contributed by atoms with van der Waals surface area (Å²) in [5.74, 6) is -1.01. The smallest absolute Gasteiger partial charge is 0.351 e. The van der Waals surface area contributed by atoms with Gasteiger partial charge in [0.1, 0.15) is 10.7 Å². The van der Waals surface area contributed by atoms with Gasteiger partial charge in [-0.2, -0.15) is 17.5 Å². The molecule has 1 aliphatic heterocycles. The number of aromatic nitrogens is 3. The maximum atomic E-state index is 14.5. The van der Waals surface area contributed by atoms with Gasteiger partial charge in [-0.05, 0) is 33.9 Å². The summed E-state index contributed by atoms with van der Waals surface area (Å²) in [4.78, 5) is 12.8. The third-order valence-corrected chi connectivity index (χ3v) is 7.37.